The van der Waals surface area contributed by atoms with Crippen molar-refractivity contribution in [3.8, 4) is 0 Å². The number of hydrogen-bond donors (Lipinski definition) is 0. The van der Waals surface area contributed by atoms with E-state index < -0.39 is 0 Å². The number of nitrogens with zero attached hydrogens (tertiary/aromatic N) is 1. The van der Waals surface area contributed by atoms with Crippen LogP contribution in [0.15, 0.2) is 12.1 Å². The Bertz CT molecular complexity index is 393. The predicted molar refractivity (Wildman–Crippen MR) is 88.6 cm³/mol. The van der Waals surface area contributed by atoms with Gasteiger partial charge in [0.15, 0.2) is 0 Å². The Morgan fingerprint density at radius 3 is 2.32 bits per heavy atom. The number of carbonyl (C=O) groups excluding carboxylic acids is 1. The van der Waals surface area contributed by atoms with Crippen molar-refractivity contribution in [2.75, 3.05) is 20.7 Å². The maximum atomic E-state index is 11.1. The fraction of sp³-hybridized carbons (Fsp3) is 0.812. The smallest absolute Gasteiger partial charge is 0.469 e. The van der Waals surface area contributed by atoms with Gasteiger partial charge in [0.1, 0.15) is 0 Å². The molecule has 0 aromatic carbocycles. The lowest BCUT2D eigenvalue weighted by atomic mass is 9.89. The number of likely N-dealkylation sites (N-methyl/N-ethyl adjacent to an activating group) is 1. The zero-order valence-electron chi connectivity index (χ0n) is 15.0. The molecule has 0 radical (unpaired) electrons. The largest absolute Gasteiger partial charge is 0.486 e. The molecule has 1 aliphatic rings. The van der Waals surface area contributed by atoms with Crippen LogP contribution in [0.25, 0.3) is 0 Å². The average Bonchev–Trinajstić information content (AvgIpc) is 2.63. The lowest BCUT2D eigenvalue weighted by Gasteiger charge is -2.32. The molecule has 0 aromatic rings. The van der Waals surface area contributed by atoms with Gasteiger partial charge < -0.3 is 18.9 Å². The number of esters is 1. The SMILES string of the molecule is COC(=O)CCCN(C)C(C)/C=C/B1OC(C)(C)C(C)(C)O1. The first-order chi connectivity index (χ1) is 10.1. The number of carbonyl (C=O) groups is 1. The molecule has 22 heavy (non-hydrogen) atoms. The standard InChI is InChI=1S/C16H30BNO4/c1-13(18(6)12-8-9-14(19)20-7)10-11-17-21-15(2,3)16(4,5)22-17/h10-11,13H,8-9,12H2,1-7H3/b11-10+. The first-order valence-electron chi connectivity index (χ1n) is 7.90. The van der Waals surface area contributed by atoms with Crippen LogP contribution >= 0.6 is 0 Å². The minimum absolute atomic E-state index is 0.159. The van der Waals surface area contributed by atoms with Crippen LogP contribution in [-0.4, -0.2) is 55.9 Å². The Kier molecular flexibility index (Phi) is 6.65. The Balaban J connectivity index is 2.41. The van der Waals surface area contributed by atoms with E-state index in [1.807, 2.05) is 40.7 Å². The van der Waals surface area contributed by atoms with E-state index in [0.29, 0.717) is 6.42 Å². The summed E-state index contributed by atoms with van der Waals surface area (Å²) in [6.07, 6.45) is 3.33. The molecule has 0 aliphatic carbocycles. The first kappa shape index (κ1) is 19.2. The van der Waals surface area contributed by atoms with Crippen LogP contribution in [0, 0.1) is 0 Å². The van der Waals surface area contributed by atoms with E-state index in [9.17, 15) is 4.79 Å². The van der Waals surface area contributed by atoms with Crippen LogP contribution in [0.4, 0.5) is 0 Å². The van der Waals surface area contributed by atoms with Gasteiger partial charge in [0.05, 0.1) is 18.3 Å². The Hall–Kier alpha value is -0.845. The second kappa shape index (κ2) is 7.62. The van der Waals surface area contributed by atoms with Crippen molar-refractivity contribution in [1.29, 1.82) is 0 Å². The molecule has 0 amide bonds. The molecule has 0 saturated carbocycles. The molecule has 1 aliphatic heterocycles. The molecule has 0 spiro atoms. The van der Waals surface area contributed by atoms with Gasteiger partial charge in [-0.05, 0) is 54.6 Å². The van der Waals surface area contributed by atoms with E-state index in [0.717, 1.165) is 13.0 Å². The van der Waals surface area contributed by atoms with Gasteiger partial charge >= 0.3 is 13.1 Å². The van der Waals surface area contributed by atoms with E-state index in [1.54, 1.807) is 0 Å². The molecule has 0 aromatic heterocycles. The van der Waals surface area contributed by atoms with Crippen LogP contribution in [0.3, 0.4) is 0 Å². The number of ether oxygens (including phenoxy) is 1. The molecular weight excluding hydrogens is 281 g/mol. The van der Waals surface area contributed by atoms with Crippen molar-refractivity contribution in [1.82, 2.24) is 4.90 Å². The third kappa shape index (κ3) is 5.11. The average molecular weight is 311 g/mol. The first-order valence-corrected chi connectivity index (χ1v) is 7.90. The molecule has 5 nitrogen and oxygen atoms in total. The van der Waals surface area contributed by atoms with Crippen molar-refractivity contribution in [2.24, 2.45) is 0 Å². The van der Waals surface area contributed by atoms with E-state index in [4.69, 9.17) is 9.31 Å². The summed E-state index contributed by atoms with van der Waals surface area (Å²) >= 11 is 0. The van der Waals surface area contributed by atoms with Crippen molar-refractivity contribution in [3.63, 3.8) is 0 Å². The van der Waals surface area contributed by atoms with Crippen LogP contribution in [0.2, 0.25) is 0 Å². The fourth-order valence-corrected chi connectivity index (χ4v) is 2.14. The molecule has 1 fully saturated rings. The molecule has 126 valence electrons. The third-order valence-corrected chi connectivity index (χ3v) is 4.63. The summed E-state index contributed by atoms with van der Waals surface area (Å²) in [5.41, 5.74) is -0.616. The van der Waals surface area contributed by atoms with E-state index in [1.165, 1.54) is 7.11 Å². The van der Waals surface area contributed by atoms with Crippen LogP contribution in [0.1, 0.15) is 47.5 Å². The molecule has 1 heterocycles. The summed E-state index contributed by atoms with van der Waals surface area (Å²) in [6.45, 7) is 11.1. The topological polar surface area (TPSA) is 48.0 Å². The van der Waals surface area contributed by atoms with Crippen LogP contribution < -0.4 is 0 Å². The Labute approximate surface area is 135 Å². The quantitative estimate of drug-likeness (QED) is 0.534. The highest BCUT2D eigenvalue weighted by molar-refractivity contribution is 6.51. The molecular formula is C16H30BNO4. The van der Waals surface area contributed by atoms with Crippen molar-refractivity contribution >= 4 is 13.1 Å². The maximum Gasteiger partial charge on any atom is 0.486 e. The monoisotopic (exact) mass is 311 g/mol. The number of hydrogen-bond acceptors (Lipinski definition) is 5. The zero-order chi connectivity index (χ0) is 17.0. The zero-order valence-corrected chi connectivity index (χ0v) is 15.0. The number of methoxy groups -OCH3 is 1. The predicted octanol–water partition coefficient (Wildman–Crippen LogP) is 2.45. The fourth-order valence-electron chi connectivity index (χ4n) is 2.14. The molecule has 0 N–H and O–H groups in total. The highest BCUT2D eigenvalue weighted by Gasteiger charge is 2.50. The second-order valence-corrected chi connectivity index (χ2v) is 6.91. The summed E-state index contributed by atoms with van der Waals surface area (Å²) in [6, 6.07) is 0.247. The van der Waals surface area contributed by atoms with E-state index in [-0.39, 0.29) is 30.3 Å². The molecule has 1 rings (SSSR count). The normalized spacial score (nSPS) is 21.5. The molecule has 1 saturated heterocycles. The van der Waals surface area contributed by atoms with Gasteiger partial charge in [0.2, 0.25) is 0 Å². The van der Waals surface area contributed by atoms with Gasteiger partial charge in [-0.15, -0.1) is 0 Å². The summed E-state index contributed by atoms with van der Waals surface area (Å²) in [4.78, 5) is 13.3. The number of rotatable bonds is 7. The van der Waals surface area contributed by atoms with Crippen LogP contribution in [0.5, 0.6) is 0 Å². The maximum absolute atomic E-state index is 11.1. The van der Waals surface area contributed by atoms with Gasteiger partial charge in [-0.3, -0.25) is 4.79 Å². The van der Waals surface area contributed by atoms with Crippen molar-refractivity contribution in [3.05, 3.63) is 12.1 Å². The minimum Gasteiger partial charge on any atom is -0.469 e. The Morgan fingerprint density at radius 1 is 1.27 bits per heavy atom. The van der Waals surface area contributed by atoms with Crippen LogP contribution in [-0.2, 0) is 18.8 Å². The van der Waals surface area contributed by atoms with E-state index >= 15 is 0 Å². The van der Waals surface area contributed by atoms with Crippen molar-refractivity contribution in [2.45, 2.75) is 64.7 Å². The summed E-state index contributed by atoms with van der Waals surface area (Å²) in [5.74, 6) is 1.81. The van der Waals surface area contributed by atoms with Crippen molar-refractivity contribution < 1.29 is 18.8 Å². The lowest BCUT2D eigenvalue weighted by Crippen LogP contribution is -2.41. The summed E-state index contributed by atoms with van der Waals surface area (Å²) in [5, 5.41) is 0. The highest BCUT2D eigenvalue weighted by atomic mass is 16.7. The molecule has 0 bridgehead atoms. The molecule has 1 atom stereocenters. The third-order valence-electron chi connectivity index (χ3n) is 4.63. The van der Waals surface area contributed by atoms with Gasteiger partial charge in [-0.2, -0.15) is 0 Å². The molecule has 6 heteroatoms. The minimum atomic E-state index is -0.309. The van der Waals surface area contributed by atoms with Gasteiger partial charge in [-0.25, -0.2) is 0 Å². The highest BCUT2D eigenvalue weighted by Crippen LogP contribution is 2.36. The molecule has 1 unspecified atom stereocenters. The summed E-state index contributed by atoms with van der Waals surface area (Å²) in [7, 11) is 3.15. The van der Waals surface area contributed by atoms with Gasteiger partial charge in [-0.1, -0.05) is 12.1 Å². The lowest BCUT2D eigenvalue weighted by molar-refractivity contribution is -0.140. The second-order valence-electron chi connectivity index (χ2n) is 6.91. The Morgan fingerprint density at radius 2 is 1.82 bits per heavy atom. The van der Waals surface area contributed by atoms with Gasteiger partial charge in [0.25, 0.3) is 0 Å². The summed E-state index contributed by atoms with van der Waals surface area (Å²) < 4.78 is 16.5. The van der Waals surface area contributed by atoms with E-state index in [2.05, 4.69) is 22.6 Å². The van der Waals surface area contributed by atoms with Gasteiger partial charge in [0, 0.05) is 12.5 Å².